The predicted molar refractivity (Wildman–Crippen MR) is 111 cm³/mol. The van der Waals surface area contributed by atoms with E-state index in [4.69, 9.17) is 23.9 Å². The standard InChI is InChI=1S/C22H27N3O5/c1-5-30-19-9-13-14-8-12(26)6-7-17(14)23-21(15(13)10-18(19)27-2)16-11-20(28-3)24-25-22(16)29-4/h9-12,14,17,26H,5-8H2,1-4H3/t12-,14?,17-/m1/s1. The number of aromatic nitrogens is 2. The number of fused-ring (bicyclic) bond motifs is 3. The molecule has 160 valence electrons. The van der Waals surface area contributed by atoms with Crippen LogP contribution < -0.4 is 18.9 Å². The molecule has 1 aromatic heterocycles. The molecule has 4 rings (SSSR count). The third-order valence-electron chi connectivity index (χ3n) is 5.77. The second-order valence-corrected chi connectivity index (χ2v) is 7.45. The summed E-state index contributed by atoms with van der Waals surface area (Å²) >= 11 is 0. The lowest BCUT2D eigenvalue weighted by atomic mass is 9.74. The maximum atomic E-state index is 10.3. The molecule has 0 radical (unpaired) electrons. The molecule has 3 atom stereocenters. The minimum absolute atomic E-state index is 0.0580. The number of methoxy groups -OCH3 is 3. The molecule has 2 aliphatic rings. The number of aliphatic hydroxyl groups is 1. The van der Waals surface area contributed by atoms with Gasteiger partial charge < -0.3 is 24.1 Å². The van der Waals surface area contributed by atoms with Crippen molar-refractivity contribution in [2.24, 2.45) is 4.99 Å². The molecule has 1 N–H and O–H groups in total. The molecule has 2 aromatic rings. The van der Waals surface area contributed by atoms with Gasteiger partial charge in [0.1, 0.15) is 0 Å². The Bertz CT molecular complexity index is 962. The van der Waals surface area contributed by atoms with E-state index in [9.17, 15) is 5.11 Å². The average molecular weight is 413 g/mol. The summed E-state index contributed by atoms with van der Waals surface area (Å²) in [5, 5.41) is 18.5. The van der Waals surface area contributed by atoms with Crippen LogP contribution in [0.5, 0.6) is 23.3 Å². The van der Waals surface area contributed by atoms with Gasteiger partial charge in [-0.2, -0.15) is 0 Å². The summed E-state index contributed by atoms with van der Waals surface area (Å²) in [4.78, 5) is 5.09. The monoisotopic (exact) mass is 413 g/mol. The molecule has 8 nitrogen and oxygen atoms in total. The molecule has 30 heavy (non-hydrogen) atoms. The summed E-state index contributed by atoms with van der Waals surface area (Å²) in [6.07, 6.45) is 1.88. The van der Waals surface area contributed by atoms with E-state index in [1.165, 1.54) is 0 Å². The fraction of sp³-hybridized carbons (Fsp3) is 0.500. The van der Waals surface area contributed by atoms with Gasteiger partial charge in [-0.3, -0.25) is 4.99 Å². The number of ether oxygens (including phenoxy) is 4. The highest BCUT2D eigenvalue weighted by Crippen LogP contribution is 2.45. The first-order chi connectivity index (χ1) is 14.6. The molecule has 0 amide bonds. The molecule has 1 aromatic carbocycles. The van der Waals surface area contributed by atoms with Gasteiger partial charge >= 0.3 is 0 Å². The van der Waals surface area contributed by atoms with Crippen LogP contribution in [0.3, 0.4) is 0 Å². The minimum Gasteiger partial charge on any atom is -0.493 e. The topological polar surface area (TPSA) is 95.3 Å². The van der Waals surface area contributed by atoms with Crippen LogP contribution in [0.15, 0.2) is 23.2 Å². The third kappa shape index (κ3) is 3.56. The highest BCUT2D eigenvalue weighted by molar-refractivity contribution is 6.16. The van der Waals surface area contributed by atoms with Crippen LogP contribution in [0.25, 0.3) is 0 Å². The second kappa shape index (κ2) is 8.47. The van der Waals surface area contributed by atoms with Crippen LogP contribution in [0.4, 0.5) is 0 Å². The van der Waals surface area contributed by atoms with Crippen molar-refractivity contribution in [3.05, 3.63) is 34.9 Å². The van der Waals surface area contributed by atoms with Crippen LogP contribution in [0.2, 0.25) is 0 Å². The van der Waals surface area contributed by atoms with E-state index in [0.717, 1.165) is 29.7 Å². The van der Waals surface area contributed by atoms with Gasteiger partial charge in [-0.15, -0.1) is 10.2 Å². The zero-order valence-corrected chi connectivity index (χ0v) is 17.7. The van der Waals surface area contributed by atoms with Gasteiger partial charge in [-0.25, -0.2) is 0 Å². The Morgan fingerprint density at radius 1 is 0.967 bits per heavy atom. The zero-order chi connectivity index (χ0) is 21.3. The van der Waals surface area contributed by atoms with Crippen molar-refractivity contribution in [3.8, 4) is 23.3 Å². The molecule has 0 spiro atoms. The normalized spacial score (nSPS) is 22.4. The Balaban J connectivity index is 1.93. The second-order valence-electron chi connectivity index (χ2n) is 7.45. The Morgan fingerprint density at radius 2 is 1.80 bits per heavy atom. The molecule has 1 unspecified atom stereocenters. The fourth-order valence-corrected chi connectivity index (χ4v) is 4.37. The summed E-state index contributed by atoms with van der Waals surface area (Å²) < 4.78 is 22.2. The summed E-state index contributed by atoms with van der Waals surface area (Å²) in [5.41, 5.74) is 3.47. The molecule has 8 heteroatoms. The lowest BCUT2D eigenvalue weighted by Crippen LogP contribution is -2.34. The van der Waals surface area contributed by atoms with E-state index in [2.05, 4.69) is 10.2 Å². The van der Waals surface area contributed by atoms with Crippen molar-refractivity contribution in [1.29, 1.82) is 0 Å². The van der Waals surface area contributed by atoms with Gasteiger partial charge in [-0.1, -0.05) is 0 Å². The Morgan fingerprint density at radius 3 is 2.50 bits per heavy atom. The van der Waals surface area contributed by atoms with E-state index >= 15 is 0 Å². The fourth-order valence-electron chi connectivity index (χ4n) is 4.37. The molecular formula is C22H27N3O5. The van der Waals surface area contributed by atoms with Gasteiger partial charge in [0.25, 0.3) is 0 Å². The molecule has 0 bridgehead atoms. The smallest absolute Gasteiger partial charge is 0.243 e. The molecule has 1 aliphatic carbocycles. The molecule has 1 saturated carbocycles. The van der Waals surface area contributed by atoms with Gasteiger partial charge in [0.15, 0.2) is 11.5 Å². The highest BCUT2D eigenvalue weighted by Gasteiger charge is 2.38. The number of benzene rings is 1. The van der Waals surface area contributed by atoms with Crippen molar-refractivity contribution in [3.63, 3.8) is 0 Å². The molecule has 0 saturated heterocycles. The number of hydrogen-bond acceptors (Lipinski definition) is 8. The SMILES string of the molecule is CCOc1cc2c(cc1OC)C(c1cc(OC)nnc1OC)=N[C@@H]1CC[C@@H](O)CC21. The van der Waals surface area contributed by atoms with E-state index in [-0.39, 0.29) is 18.1 Å². The van der Waals surface area contributed by atoms with Crippen LogP contribution in [0, 0.1) is 0 Å². The number of rotatable bonds is 6. The summed E-state index contributed by atoms with van der Waals surface area (Å²) in [6, 6.07) is 5.82. The van der Waals surface area contributed by atoms with Crippen molar-refractivity contribution in [2.45, 2.75) is 44.2 Å². The van der Waals surface area contributed by atoms with Gasteiger partial charge in [0, 0.05) is 17.5 Å². The lowest BCUT2D eigenvalue weighted by molar-refractivity contribution is 0.111. The van der Waals surface area contributed by atoms with Crippen LogP contribution in [-0.4, -0.2) is 61.1 Å². The first kappa shape index (κ1) is 20.4. The van der Waals surface area contributed by atoms with E-state index in [1.54, 1.807) is 27.4 Å². The largest absolute Gasteiger partial charge is 0.493 e. The van der Waals surface area contributed by atoms with Gasteiger partial charge in [0.05, 0.1) is 51.4 Å². The van der Waals surface area contributed by atoms with E-state index in [1.807, 2.05) is 19.1 Å². The third-order valence-corrected chi connectivity index (χ3v) is 5.77. The van der Waals surface area contributed by atoms with E-state index in [0.29, 0.717) is 41.9 Å². The maximum Gasteiger partial charge on any atom is 0.243 e. The van der Waals surface area contributed by atoms with Crippen molar-refractivity contribution >= 4 is 5.71 Å². The highest BCUT2D eigenvalue weighted by atomic mass is 16.5. The Labute approximate surface area is 175 Å². The van der Waals surface area contributed by atoms with Crippen LogP contribution in [-0.2, 0) is 0 Å². The van der Waals surface area contributed by atoms with Gasteiger partial charge in [-0.05, 0) is 43.9 Å². The van der Waals surface area contributed by atoms with Crippen molar-refractivity contribution in [1.82, 2.24) is 10.2 Å². The molecule has 1 aliphatic heterocycles. The van der Waals surface area contributed by atoms with Crippen LogP contribution in [0.1, 0.15) is 48.8 Å². The summed E-state index contributed by atoms with van der Waals surface area (Å²) in [6.45, 7) is 2.48. The Hall–Kier alpha value is -2.87. The number of nitrogens with zero attached hydrogens (tertiary/aromatic N) is 3. The Kier molecular flexibility index (Phi) is 5.76. The molecular weight excluding hydrogens is 386 g/mol. The summed E-state index contributed by atoms with van der Waals surface area (Å²) in [7, 11) is 4.73. The van der Waals surface area contributed by atoms with Crippen molar-refractivity contribution in [2.75, 3.05) is 27.9 Å². The lowest BCUT2D eigenvalue weighted by Gasteiger charge is -2.37. The molecule has 1 fully saturated rings. The molecule has 2 heterocycles. The first-order valence-corrected chi connectivity index (χ1v) is 10.2. The van der Waals surface area contributed by atoms with Gasteiger partial charge in [0.2, 0.25) is 11.8 Å². The minimum atomic E-state index is -0.328. The zero-order valence-electron chi connectivity index (χ0n) is 17.7. The number of aliphatic imine (C=N–C) groups is 1. The number of hydrogen-bond donors (Lipinski definition) is 1. The van der Waals surface area contributed by atoms with E-state index < -0.39 is 0 Å². The van der Waals surface area contributed by atoms with Crippen molar-refractivity contribution < 1.29 is 24.1 Å². The van der Waals surface area contributed by atoms with Crippen LogP contribution >= 0.6 is 0 Å². The average Bonchev–Trinajstić information content (AvgIpc) is 2.78. The predicted octanol–water partition coefficient (Wildman–Crippen LogP) is 2.75. The maximum absolute atomic E-state index is 10.3. The quantitative estimate of drug-likeness (QED) is 0.778. The first-order valence-electron chi connectivity index (χ1n) is 10.2. The summed E-state index contributed by atoms with van der Waals surface area (Å²) in [5.74, 6) is 2.19. The number of aliphatic hydroxyl groups excluding tert-OH is 1.